The minimum Gasteiger partial charge on any atom is -0.307 e. The van der Waals surface area contributed by atoms with Crippen LogP contribution in [0.25, 0.3) is 10.9 Å². The van der Waals surface area contributed by atoms with Gasteiger partial charge < -0.3 is 5.32 Å². The first kappa shape index (κ1) is 12.5. The smallest absolute Gasteiger partial charge is 0.152 e. The number of aromatic nitrogens is 1. The molecule has 0 bridgehead atoms. The highest BCUT2D eigenvalue weighted by atomic mass is 16.1. The number of fused-ring (bicyclic) bond motifs is 1. The van der Waals surface area contributed by atoms with Gasteiger partial charge in [0.1, 0.15) is 0 Å². The van der Waals surface area contributed by atoms with Crippen molar-refractivity contribution in [2.24, 2.45) is 0 Å². The topological polar surface area (TPSA) is 42.0 Å². The van der Waals surface area contributed by atoms with E-state index in [0.717, 1.165) is 16.6 Å². The predicted octanol–water partition coefficient (Wildman–Crippen LogP) is 2.12. The summed E-state index contributed by atoms with van der Waals surface area (Å²) in [6, 6.07) is 11.8. The lowest BCUT2D eigenvalue weighted by Gasteiger charge is -2.03. The number of para-hydroxylation sites is 1. The fraction of sp³-hybridized carbons (Fsp3) is 0.200. The number of ketones is 1. The van der Waals surface area contributed by atoms with E-state index >= 15 is 0 Å². The number of pyridine rings is 1. The zero-order chi connectivity index (χ0) is 12.8. The van der Waals surface area contributed by atoms with Gasteiger partial charge in [0.25, 0.3) is 0 Å². The summed E-state index contributed by atoms with van der Waals surface area (Å²) in [5, 5.41) is 4.09. The van der Waals surface area contributed by atoms with Crippen LogP contribution in [0.4, 0.5) is 0 Å². The summed E-state index contributed by atoms with van der Waals surface area (Å²) >= 11 is 0. The highest BCUT2D eigenvalue weighted by Crippen LogP contribution is 2.12. The van der Waals surface area contributed by atoms with E-state index in [1.807, 2.05) is 36.4 Å². The van der Waals surface area contributed by atoms with E-state index in [9.17, 15) is 4.79 Å². The molecule has 0 saturated carbocycles. The van der Waals surface area contributed by atoms with Crippen molar-refractivity contribution in [1.29, 1.82) is 0 Å². The molecule has 2 rings (SSSR count). The molecule has 0 aliphatic carbocycles. The molecule has 0 spiro atoms. The van der Waals surface area contributed by atoms with E-state index in [4.69, 9.17) is 0 Å². The summed E-state index contributed by atoms with van der Waals surface area (Å²) in [6.07, 6.45) is 2.11. The Hall–Kier alpha value is -2.00. The summed E-state index contributed by atoms with van der Waals surface area (Å²) < 4.78 is 0. The number of rotatable bonds is 6. The van der Waals surface area contributed by atoms with Gasteiger partial charge >= 0.3 is 0 Å². The Labute approximate surface area is 107 Å². The van der Waals surface area contributed by atoms with Crippen molar-refractivity contribution in [1.82, 2.24) is 10.3 Å². The summed E-state index contributed by atoms with van der Waals surface area (Å²) in [5.41, 5.74) is 1.75. The van der Waals surface area contributed by atoms with Crippen LogP contribution in [0.1, 0.15) is 5.69 Å². The standard InChI is InChI=1S/C15H16N2O/c1-2-9-16-11-14(18)10-13-8-7-12-5-3-4-6-15(12)17-13/h2-8,16H,1,9-11H2. The molecular formula is C15H16N2O. The normalized spacial score (nSPS) is 10.4. The Morgan fingerprint density at radius 2 is 2.11 bits per heavy atom. The van der Waals surface area contributed by atoms with Crippen LogP contribution >= 0.6 is 0 Å². The third kappa shape index (κ3) is 3.25. The van der Waals surface area contributed by atoms with Gasteiger partial charge in [0.05, 0.1) is 18.5 Å². The molecule has 3 heteroatoms. The van der Waals surface area contributed by atoms with Gasteiger partial charge in [-0.15, -0.1) is 6.58 Å². The van der Waals surface area contributed by atoms with Crippen LogP contribution in [-0.2, 0) is 11.2 Å². The maximum Gasteiger partial charge on any atom is 0.152 e. The second-order valence-corrected chi connectivity index (χ2v) is 4.13. The van der Waals surface area contributed by atoms with E-state index in [-0.39, 0.29) is 5.78 Å². The van der Waals surface area contributed by atoms with Crippen molar-refractivity contribution in [3.8, 4) is 0 Å². The summed E-state index contributed by atoms with van der Waals surface area (Å²) in [5.74, 6) is 0.139. The van der Waals surface area contributed by atoms with Crippen LogP contribution in [0.2, 0.25) is 0 Å². The van der Waals surface area contributed by atoms with Crippen molar-refractivity contribution in [3.63, 3.8) is 0 Å². The Morgan fingerprint density at radius 1 is 1.28 bits per heavy atom. The molecule has 2 aromatic rings. The maximum absolute atomic E-state index is 11.7. The van der Waals surface area contributed by atoms with Crippen LogP contribution < -0.4 is 5.32 Å². The summed E-state index contributed by atoms with van der Waals surface area (Å²) in [7, 11) is 0. The number of Topliss-reactive ketones (excluding diaryl/α,β-unsaturated/α-hetero) is 1. The molecule has 0 amide bonds. The van der Waals surface area contributed by atoms with E-state index < -0.39 is 0 Å². The van der Waals surface area contributed by atoms with Gasteiger partial charge in [-0.05, 0) is 12.1 Å². The van der Waals surface area contributed by atoms with Gasteiger partial charge in [0, 0.05) is 17.6 Å². The van der Waals surface area contributed by atoms with Crippen molar-refractivity contribution in [2.75, 3.05) is 13.1 Å². The second kappa shape index (κ2) is 6.07. The van der Waals surface area contributed by atoms with E-state index in [2.05, 4.69) is 16.9 Å². The number of hydrogen-bond donors (Lipinski definition) is 1. The van der Waals surface area contributed by atoms with Gasteiger partial charge in [-0.1, -0.05) is 30.3 Å². The first-order chi connectivity index (χ1) is 8.79. The Kier molecular flexibility index (Phi) is 4.20. The summed E-state index contributed by atoms with van der Waals surface area (Å²) in [6.45, 7) is 4.60. The average molecular weight is 240 g/mol. The molecule has 1 aromatic heterocycles. The van der Waals surface area contributed by atoms with Crippen molar-refractivity contribution in [2.45, 2.75) is 6.42 Å². The molecule has 3 nitrogen and oxygen atoms in total. The SMILES string of the molecule is C=CCNCC(=O)Cc1ccc2ccccc2n1. The van der Waals surface area contributed by atoms with Crippen LogP contribution in [0.3, 0.4) is 0 Å². The number of nitrogens with one attached hydrogen (secondary N) is 1. The highest BCUT2D eigenvalue weighted by Gasteiger charge is 2.04. The molecule has 1 aromatic carbocycles. The first-order valence-electron chi connectivity index (χ1n) is 5.97. The third-order valence-corrected chi connectivity index (χ3v) is 2.65. The lowest BCUT2D eigenvalue weighted by Crippen LogP contribution is -2.24. The number of carbonyl (C=O) groups excluding carboxylic acids is 1. The van der Waals surface area contributed by atoms with E-state index in [1.165, 1.54) is 0 Å². The number of carbonyl (C=O) groups is 1. The monoisotopic (exact) mass is 240 g/mol. The maximum atomic E-state index is 11.7. The molecule has 0 saturated heterocycles. The van der Waals surface area contributed by atoms with Gasteiger partial charge in [-0.25, -0.2) is 0 Å². The minimum absolute atomic E-state index is 0.139. The molecule has 0 fully saturated rings. The number of hydrogen-bond acceptors (Lipinski definition) is 3. The quantitative estimate of drug-likeness (QED) is 0.621. The molecule has 18 heavy (non-hydrogen) atoms. The third-order valence-electron chi connectivity index (χ3n) is 2.65. The van der Waals surface area contributed by atoms with Crippen LogP contribution in [-0.4, -0.2) is 23.9 Å². The molecule has 0 radical (unpaired) electrons. The molecule has 0 atom stereocenters. The summed E-state index contributed by atoms with van der Waals surface area (Å²) in [4.78, 5) is 16.2. The number of benzene rings is 1. The van der Waals surface area contributed by atoms with Gasteiger partial charge in [0.15, 0.2) is 5.78 Å². The minimum atomic E-state index is 0.139. The van der Waals surface area contributed by atoms with E-state index in [0.29, 0.717) is 19.5 Å². The predicted molar refractivity (Wildman–Crippen MR) is 73.5 cm³/mol. The van der Waals surface area contributed by atoms with Crippen LogP contribution in [0, 0.1) is 0 Å². The Morgan fingerprint density at radius 3 is 2.94 bits per heavy atom. The number of nitrogens with zero attached hydrogens (tertiary/aromatic N) is 1. The molecule has 0 aliphatic rings. The van der Waals surface area contributed by atoms with Gasteiger partial charge in [-0.2, -0.15) is 0 Å². The van der Waals surface area contributed by atoms with Crippen molar-refractivity contribution >= 4 is 16.7 Å². The van der Waals surface area contributed by atoms with E-state index in [1.54, 1.807) is 6.08 Å². The average Bonchev–Trinajstić information content (AvgIpc) is 2.39. The van der Waals surface area contributed by atoms with Gasteiger partial charge in [0.2, 0.25) is 0 Å². The molecule has 1 heterocycles. The zero-order valence-corrected chi connectivity index (χ0v) is 10.2. The Bertz CT molecular complexity index is 563. The van der Waals surface area contributed by atoms with Crippen molar-refractivity contribution in [3.05, 3.63) is 54.7 Å². The largest absolute Gasteiger partial charge is 0.307 e. The van der Waals surface area contributed by atoms with Crippen molar-refractivity contribution < 1.29 is 4.79 Å². The molecule has 0 aliphatic heterocycles. The molecular weight excluding hydrogens is 224 g/mol. The molecule has 92 valence electrons. The first-order valence-corrected chi connectivity index (χ1v) is 5.97. The molecule has 1 N–H and O–H groups in total. The second-order valence-electron chi connectivity index (χ2n) is 4.13. The van der Waals surface area contributed by atoms with Gasteiger partial charge in [-0.3, -0.25) is 9.78 Å². The molecule has 0 unspecified atom stereocenters. The fourth-order valence-corrected chi connectivity index (χ4v) is 1.78. The lowest BCUT2D eigenvalue weighted by molar-refractivity contribution is -0.117. The van der Waals surface area contributed by atoms with Crippen LogP contribution in [0.5, 0.6) is 0 Å². The zero-order valence-electron chi connectivity index (χ0n) is 10.2. The highest BCUT2D eigenvalue weighted by molar-refractivity contribution is 5.84. The fourth-order valence-electron chi connectivity index (χ4n) is 1.78. The Balaban J connectivity index is 2.03. The lowest BCUT2D eigenvalue weighted by atomic mass is 10.1. The van der Waals surface area contributed by atoms with Crippen LogP contribution in [0.15, 0.2) is 49.1 Å².